The summed E-state index contributed by atoms with van der Waals surface area (Å²) in [4.78, 5) is 26.2. The van der Waals surface area contributed by atoms with Crippen molar-refractivity contribution in [1.29, 1.82) is 10.5 Å². The Hall–Kier alpha value is -3.46. The first-order valence-electron chi connectivity index (χ1n) is 9.15. The number of rotatable bonds is 7. The minimum Gasteiger partial charge on any atom is -0.477 e. The van der Waals surface area contributed by atoms with Crippen LogP contribution in [0, 0.1) is 22.7 Å². The molecule has 3 rings (SSSR count). The number of nitrogens with zero attached hydrogens (tertiary/aromatic N) is 2. The summed E-state index contributed by atoms with van der Waals surface area (Å²) in [5.41, 5.74) is 2.44. The van der Waals surface area contributed by atoms with Gasteiger partial charge in [0.05, 0.1) is 22.9 Å². The van der Waals surface area contributed by atoms with Gasteiger partial charge in [0.15, 0.2) is 0 Å². The summed E-state index contributed by atoms with van der Waals surface area (Å²) in [7, 11) is 0. The first kappa shape index (κ1) is 21.3. The van der Waals surface area contributed by atoms with Crippen LogP contribution in [0.15, 0.2) is 36.4 Å². The van der Waals surface area contributed by atoms with Crippen molar-refractivity contribution in [2.75, 3.05) is 6.54 Å². The number of nitriles is 2. The van der Waals surface area contributed by atoms with E-state index >= 15 is 0 Å². The van der Waals surface area contributed by atoms with Gasteiger partial charge >= 0.3 is 5.97 Å². The van der Waals surface area contributed by atoms with Gasteiger partial charge in [0.1, 0.15) is 10.9 Å². The average molecular weight is 436 g/mol. The van der Waals surface area contributed by atoms with Crippen molar-refractivity contribution in [3.05, 3.63) is 56.6 Å². The Morgan fingerprint density at radius 2 is 1.77 bits per heavy atom. The van der Waals surface area contributed by atoms with Gasteiger partial charge in [0, 0.05) is 21.9 Å². The zero-order valence-electron chi connectivity index (χ0n) is 16.1. The molecule has 1 aromatic carbocycles. The van der Waals surface area contributed by atoms with Crippen LogP contribution < -0.4 is 5.32 Å². The summed E-state index contributed by atoms with van der Waals surface area (Å²) in [6.45, 7) is 2.21. The smallest absolute Gasteiger partial charge is 0.346 e. The van der Waals surface area contributed by atoms with E-state index in [1.807, 2.05) is 31.2 Å². The highest BCUT2D eigenvalue weighted by atomic mass is 32.1. The zero-order chi connectivity index (χ0) is 21.7. The van der Waals surface area contributed by atoms with E-state index in [0.717, 1.165) is 26.7 Å². The van der Waals surface area contributed by atoms with Gasteiger partial charge in [-0.2, -0.15) is 10.5 Å². The van der Waals surface area contributed by atoms with Gasteiger partial charge in [-0.3, -0.25) is 4.79 Å². The highest BCUT2D eigenvalue weighted by Crippen LogP contribution is 2.38. The van der Waals surface area contributed by atoms with Crippen LogP contribution in [0.2, 0.25) is 0 Å². The maximum absolute atomic E-state index is 12.1. The number of carboxylic acid groups (broad SMARTS) is 1. The minimum atomic E-state index is -1.04. The number of carbonyl (C=O) groups is 2. The van der Waals surface area contributed by atoms with E-state index in [1.165, 1.54) is 11.3 Å². The molecule has 1 amide bonds. The van der Waals surface area contributed by atoms with Crippen molar-refractivity contribution in [2.24, 2.45) is 0 Å². The molecule has 150 valence electrons. The quantitative estimate of drug-likeness (QED) is 0.511. The standard InChI is InChI=1S/C22H17N3O3S2/c1-2-16-15(12-24)19(20(30-16)22(27)28)14-6-4-13(5-7-14)17-8-9-18(29-17)21(26)25-11-3-10-23/h4-9H,2-3,11H2,1H3,(H,25,26)(H,27,28). The molecule has 0 spiro atoms. The van der Waals surface area contributed by atoms with E-state index in [1.54, 1.807) is 18.2 Å². The fraction of sp³-hybridized carbons (Fsp3) is 0.182. The first-order valence-corrected chi connectivity index (χ1v) is 10.8. The predicted molar refractivity (Wildman–Crippen MR) is 117 cm³/mol. The van der Waals surface area contributed by atoms with Crippen LogP contribution in [0.25, 0.3) is 21.6 Å². The third-order valence-corrected chi connectivity index (χ3v) is 6.87. The molecule has 6 nitrogen and oxygen atoms in total. The molecule has 2 heterocycles. The highest BCUT2D eigenvalue weighted by Gasteiger charge is 2.23. The maximum atomic E-state index is 12.1. The van der Waals surface area contributed by atoms with Crippen LogP contribution >= 0.6 is 22.7 Å². The molecule has 0 aliphatic carbocycles. The van der Waals surface area contributed by atoms with Crippen LogP contribution in [0.4, 0.5) is 0 Å². The molecule has 0 radical (unpaired) electrons. The van der Waals surface area contributed by atoms with Gasteiger partial charge < -0.3 is 10.4 Å². The molecule has 0 atom stereocenters. The van der Waals surface area contributed by atoms with E-state index in [9.17, 15) is 20.0 Å². The molecule has 0 saturated carbocycles. The fourth-order valence-corrected chi connectivity index (χ4v) is 4.98. The van der Waals surface area contributed by atoms with Crippen LogP contribution in [-0.2, 0) is 6.42 Å². The maximum Gasteiger partial charge on any atom is 0.346 e. The Labute approximate surface area is 181 Å². The largest absolute Gasteiger partial charge is 0.477 e. The van der Waals surface area contributed by atoms with Crippen LogP contribution in [-0.4, -0.2) is 23.5 Å². The number of aryl methyl sites for hydroxylation is 1. The van der Waals surface area contributed by atoms with Crippen LogP contribution in [0.5, 0.6) is 0 Å². The van der Waals surface area contributed by atoms with Gasteiger partial charge in [-0.15, -0.1) is 22.7 Å². The first-order chi connectivity index (χ1) is 14.5. The zero-order valence-corrected chi connectivity index (χ0v) is 17.7. The van der Waals surface area contributed by atoms with E-state index in [-0.39, 0.29) is 17.2 Å². The van der Waals surface area contributed by atoms with Gasteiger partial charge in [-0.25, -0.2) is 4.79 Å². The fourth-order valence-electron chi connectivity index (χ4n) is 3.01. The summed E-state index contributed by atoms with van der Waals surface area (Å²) < 4.78 is 0. The molecule has 3 aromatic rings. The number of hydrogen-bond acceptors (Lipinski definition) is 6. The second kappa shape index (κ2) is 9.36. The third-order valence-electron chi connectivity index (χ3n) is 4.42. The average Bonchev–Trinajstić information content (AvgIpc) is 3.39. The van der Waals surface area contributed by atoms with Crippen molar-refractivity contribution in [2.45, 2.75) is 19.8 Å². The molecule has 0 aliphatic heterocycles. The number of amides is 1. The molecule has 0 aliphatic rings. The second-order valence-electron chi connectivity index (χ2n) is 6.28. The van der Waals surface area contributed by atoms with Crippen molar-refractivity contribution in [3.8, 4) is 33.7 Å². The Bertz CT molecular complexity index is 1180. The molecule has 0 saturated heterocycles. The number of nitrogens with one attached hydrogen (secondary N) is 1. The minimum absolute atomic E-state index is 0.170. The van der Waals surface area contributed by atoms with E-state index < -0.39 is 5.97 Å². The van der Waals surface area contributed by atoms with Gasteiger partial charge in [-0.05, 0) is 29.7 Å². The molecule has 8 heteroatoms. The Kier molecular flexibility index (Phi) is 6.63. The number of carboxylic acids is 1. The Balaban J connectivity index is 1.89. The van der Waals surface area contributed by atoms with Crippen molar-refractivity contribution in [3.63, 3.8) is 0 Å². The molecule has 0 unspecified atom stereocenters. The lowest BCUT2D eigenvalue weighted by molar-refractivity contribution is 0.0702. The predicted octanol–water partition coefficient (Wildman–Crippen LogP) is 4.92. The summed E-state index contributed by atoms with van der Waals surface area (Å²) in [6, 6.07) is 15.0. The number of thiophene rings is 2. The van der Waals surface area contributed by atoms with E-state index in [4.69, 9.17) is 5.26 Å². The van der Waals surface area contributed by atoms with Crippen molar-refractivity contribution < 1.29 is 14.7 Å². The van der Waals surface area contributed by atoms with Crippen LogP contribution in [0.1, 0.15) is 43.1 Å². The number of aromatic carboxylic acids is 1. The van der Waals surface area contributed by atoms with E-state index in [2.05, 4.69) is 11.4 Å². The molecule has 0 bridgehead atoms. The molecular weight excluding hydrogens is 418 g/mol. The van der Waals surface area contributed by atoms with Gasteiger partial charge in [-0.1, -0.05) is 31.2 Å². The number of carbonyl (C=O) groups excluding carboxylic acids is 1. The Morgan fingerprint density at radius 1 is 1.07 bits per heavy atom. The molecule has 2 aromatic heterocycles. The number of benzene rings is 1. The monoisotopic (exact) mass is 435 g/mol. The normalized spacial score (nSPS) is 10.2. The van der Waals surface area contributed by atoms with Crippen LogP contribution in [0.3, 0.4) is 0 Å². The summed E-state index contributed by atoms with van der Waals surface area (Å²) >= 11 is 2.48. The third kappa shape index (κ3) is 4.25. The lowest BCUT2D eigenvalue weighted by Gasteiger charge is -2.04. The van der Waals surface area contributed by atoms with Gasteiger partial charge in [0.2, 0.25) is 0 Å². The van der Waals surface area contributed by atoms with E-state index in [0.29, 0.717) is 34.5 Å². The topological polar surface area (TPSA) is 114 Å². The molecule has 2 N–H and O–H groups in total. The van der Waals surface area contributed by atoms with Crippen molar-refractivity contribution in [1.82, 2.24) is 5.32 Å². The van der Waals surface area contributed by atoms with Crippen molar-refractivity contribution >= 4 is 34.6 Å². The summed E-state index contributed by atoms with van der Waals surface area (Å²) in [5, 5.41) is 30.4. The highest BCUT2D eigenvalue weighted by molar-refractivity contribution is 7.17. The van der Waals surface area contributed by atoms with Gasteiger partial charge in [0.25, 0.3) is 5.91 Å². The lowest BCUT2D eigenvalue weighted by Crippen LogP contribution is -2.23. The molecule has 0 fully saturated rings. The number of hydrogen-bond donors (Lipinski definition) is 2. The summed E-state index contributed by atoms with van der Waals surface area (Å²) in [5.74, 6) is -1.26. The summed E-state index contributed by atoms with van der Waals surface area (Å²) in [6.07, 6.45) is 0.858. The molecule has 30 heavy (non-hydrogen) atoms. The lowest BCUT2D eigenvalue weighted by atomic mass is 9.98. The SMILES string of the molecule is CCc1sc(C(=O)O)c(-c2ccc(-c3ccc(C(=O)NCCC#N)s3)cc2)c1C#N. The Morgan fingerprint density at radius 3 is 2.37 bits per heavy atom. The second-order valence-corrected chi connectivity index (χ2v) is 8.47. The molecular formula is C22H17N3O3S2.